The second-order valence-corrected chi connectivity index (χ2v) is 10.9. The highest BCUT2D eigenvalue weighted by atomic mass is 32.2. The van der Waals surface area contributed by atoms with Crippen LogP contribution in [-0.4, -0.2) is 53.3 Å². The number of carbonyl (C=O) groups excluding carboxylic acids is 5. The van der Waals surface area contributed by atoms with E-state index >= 15 is 0 Å². The van der Waals surface area contributed by atoms with Crippen molar-refractivity contribution in [3.8, 4) is 11.5 Å². The molecule has 0 aliphatic carbocycles. The van der Waals surface area contributed by atoms with Crippen molar-refractivity contribution in [2.75, 3.05) is 5.75 Å². The molecule has 10 nitrogen and oxygen atoms in total. The van der Waals surface area contributed by atoms with Crippen molar-refractivity contribution >= 4 is 41.5 Å². The molecule has 2 aromatic rings. The molecule has 0 aromatic heterocycles. The summed E-state index contributed by atoms with van der Waals surface area (Å²) in [5.41, 5.74) is 0.720. The number of thioether (sulfide) groups is 1. The molecule has 1 N–H and O–H groups in total. The third-order valence-corrected chi connectivity index (χ3v) is 6.05. The van der Waals surface area contributed by atoms with E-state index in [9.17, 15) is 24.0 Å². The van der Waals surface area contributed by atoms with E-state index in [0.29, 0.717) is 11.3 Å². The Labute approximate surface area is 238 Å². The van der Waals surface area contributed by atoms with Gasteiger partial charge in [0.25, 0.3) is 5.91 Å². The number of amides is 1. The lowest BCUT2D eigenvalue weighted by Crippen LogP contribution is -2.50. The van der Waals surface area contributed by atoms with Crippen LogP contribution in [0.15, 0.2) is 48.5 Å². The highest BCUT2D eigenvalue weighted by molar-refractivity contribution is 7.98. The fraction of sp³-hybridized carbons (Fsp3) is 0.414. The van der Waals surface area contributed by atoms with Gasteiger partial charge in [-0.05, 0) is 44.0 Å². The largest absolute Gasteiger partial charge is 0.458 e. The van der Waals surface area contributed by atoms with E-state index in [4.69, 9.17) is 18.9 Å². The number of ether oxygens (including phenoxy) is 4. The molecule has 2 atom stereocenters. The van der Waals surface area contributed by atoms with E-state index in [1.165, 1.54) is 43.8 Å². The molecule has 0 aliphatic heterocycles. The van der Waals surface area contributed by atoms with E-state index in [-0.39, 0.29) is 23.7 Å². The zero-order valence-corrected chi connectivity index (χ0v) is 24.3. The van der Waals surface area contributed by atoms with Crippen LogP contribution < -0.4 is 14.8 Å². The normalized spacial score (nSPS) is 12.4. The van der Waals surface area contributed by atoms with E-state index in [1.807, 2.05) is 30.3 Å². The smallest absolute Gasteiger partial charge is 0.330 e. The first kappa shape index (κ1) is 32.4. The summed E-state index contributed by atoms with van der Waals surface area (Å²) in [6.07, 6.45) is -1.43. The molecule has 1 unspecified atom stereocenters. The third-order valence-electron chi connectivity index (χ3n) is 4.94. The zero-order chi connectivity index (χ0) is 29.9. The maximum Gasteiger partial charge on any atom is 0.330 e. The second kappa shape index (κ2) is 15.1. The van der Waals surface area contributed by atoms with Gasteiger partial charge in [0.1, 0.15) is 11.6 Å². The minimum absolute atomic E-state index is 0.0142. The van der Waals surface area contributed by atoms with Gasteiger partial charge in [0.15, 0.2) is 17.6 Å². The van der Waals surface area contributed by atoms with Crippen molar-refractivity contribution in [1.29, 1.82) is 0 Å². The average molecular weight is 574 g/mol. The molecule has 0 fully saturated rings. The van der Waals surface area contributed by atoms with Crippen LogP contribution in [0, 0.1) is 0 Å². The molecule has 0 bridgehead atoms. The summed E-state index contributed by atoms with van der Waals surface area (Å²) in [4.78, 5) is 61.1. The maximum atomic E-state index is 13.3. The Hall–Kier alpha value is -3.86. The van der Waals surface area contributed by atoms with Crippen molar-refractivity contribution < 1.29 is 42.9 Å². The van der Waals surface area contributed by atoms with Crippen molar-refractivity contribution in [2.45, 2.75) is 71.5 Å². The Bertz CT molecular complexity index is 1210. The molecule has 216 valence electrons. The van der Waals surface area contributed by atoms with Crippen LogP contribution in [0.25, 0.3) is 0 Å². The molecule has 1 amide bonds. The maximum absolute atomic E-state index is 13.3. The first-order chi connectivity index (χ1) is 18.7. The Balaban J connectivity index is 2.24. The van der Waals surface area contributed by atoms with Crippen LogP contribution >= 0.6 is 11.8 Å². The van der Waals surface area contributed by atoms with Gasteiger partial charge in [-0.25, -0.2) is 4.79 Å². The summed E-state index contributed by atoms with van der Waals surface area (Å²) in [6, 6.07) is 13.0. The minimum atomic E-state index is -1.31. The van der Waals surface area contributed by atoms with Crippen molar-refractivity contribution in [2.24, 2.45) is 0 Å². The van der Waals surface area contributed by atoms with Crippen LogP contribution in [0.5, 0.6) is 11.5 Å². The monoisotopic (exact) mass is 573 g/mol. The fourth-order valence-electron chi connectivity index (χ4n) is 3.43. The summed E-state index contributed by atoms with van der Waals surface area (Å²) in [5.74, 6) is -2.48. The van der Waals surface area contributed by atoms with E-state index < -0.39 is 47.5 Å². The van der Waals surface area contributed by atoms with Gasteiger partial charge in [0, 0.05) is 38.7 Å². The summed E-state index contributed by atoms with van der Waals surface area (Å²) in [7, 11) is 0. The van der Waals surface area contributed by atoms with Gasteiger partial charge < -0.3 is 24.3 Å². The molecule has 40 heavy (non-hydrogen) atoms. The highest BCUT2D eigenvalue weighted by Crippen LogP contribution is 2.29. The van der Waals surface area contributed by atoms with Gasteiger partial charge in [-0.2, -0.15) is 11.8 Å². The Morgan fingerprint density at radius 3 is 2.02 bits per heavy atom. The second-order valence-electron chi connectivity index (χ2n) is 9.87. The number of benzene rings is 2. The van der Waals surface area contributed by atoms with Gasteiger partial charge in [0.2, 0.25) is 0 Å². The Morgan fingerprint density at radius 2 is 1.45 bits per heavy atom. The number of hydrogen-bond donors (Lipinski definition) is 1. The molecule has 0 saturated heterocycles. The fourth-order valence-corrected chi connectivity index (χ4v) is 4.43. The predicted octanol–water partition coefficient (Wildman–Crippen LogP) is 3.77. The van der Waals surface area contributed by atoms with Crippen LogP contribution in [0.1, 0.15) is 52.7 Å². The topological polar surface area (TPSA) is 134 Å². The Kier molecular flexibility index (Phi) is 12.2. The van der Waals surface area contributed by atoms with Crippen LogP contribution in [0.2, 0.25) is 0 Å². The van der Waals surface area contributed by atoms with Gasteiger partial charge >= 0.3 is 23.9 Å². The van der Waals surface area contributed by atoms with Crippen LogP contribution in [-0.2, 0) is 45.6 Å². The number of nitrogens with one attached hydrogen (secondary N) is 1. The van der Waals surface area contributed by atoms with Crippen molar-refractivity contribution in [1.82, 2.24) is 5.32 Å². The zero-order valence-electron chi connectivity index (χ0n) is 23.5. The average Bonchev–Trinajstić information content (AvgIpc) is 2.83. The standard InChI is InChI=1S/C29H35NO9S/c1-18(31)36-24-13-12-22(14-25(24)37-19(2)32)15-26(38-20(3)33)27(34)30-23(28(35)39-29(4,5)6)17-40-16-21-10-8-7-9-11-21/h7-14,23,26H,15-17H2,1-6H3,(H,30,34)/t23-,26?/m0/s1. The predicted molar refractivity (Wildman–Crippen MR) is 149 cm³/mol. The summed E-state index contributed by atoms with van der Waals surface area (Å²) in [6.45, 7) is 8.72. The third kappa shape index (κ3) is 11.9. The minimum Gasteiger partial charge on any atom is -0.458 e. The van der Waals surface area contributed by atoms with Gasteiger partial charge in [0.05, 0.1) is 0 Å². The SMILES string of the molecule is CC(=O)Oc1ccc(CC(OC(C)=O)C(=O)N[C@@H](CSCc2ccccc2)C(=O)OC(C)(C)C)cc1OC(C)=O. The van der Waals surface area contributed by atoms with Crippen molar-refractivity contribution in [3.63, 3.8) is 0 Å². The van der Waals surface area contributed by atoms with Crippen LogP contribution in [0.3, 0.4) is 0 Å². The highest BCUT2D eigenvalue weighted by Gasteiger charge is 2.31. The molecule has 0 saturated carbocycles. The van der Waals surface area contributed by atoms with Crippen molar-refractivity contribution in [3.05, 3.63) is 59.7 Å². The molecule has 0 spiro atoms. The molecule has 0 aliphatic rings. The summed E-state index contributed by atoms with van der Waals surface area (Å²) >= 11 is 1.44. The first-order valence-corrected chi connectivity index (χ1v) is 13.7. The molecule has 2 rings (SSSR count). The molecule has 2 aromatic carbocycles. The number of carbonyl (C=O) groups is 5. The lowest BCUT2D eigenvalue weighted by atomic mass is 10.1. The molecule has 11 heteroatoms. The number of rotatable bonds is 12. The first-order valence-electron chi connectivity index (χ1n) is 12.6. The van der Waals surface area contributed by atoms with E-state index in [2.05, 4.69) is 5.32 Å². The van der Waals surface area contributed by atoms with Crippen LogP contribution in [0.4, 0.5) is 0 Å². The van der Waals surface area contributed by atoms with Gasteiger partial charge in [-0.15, -0.1) is 0 Å². The Morgan fingerprint density at radius 1 is 0.825 bits per heavy atom. The summed E-state index contributed by atoms with van der Waals surface area (Å²) < 4.78 is 21.0. The van der Waals surface area contributed by atoms with E-state index in [1.54, 1.807) is 20.8 Å². The lowest BCUT2D eigenvalue weighted by molar-refractivity contribution is -0.160. The molecule has 0 radical (unpaired) electrons. The van der Waals surface area contributed by atoms with Gasteiger partial charge in [-0.1, -0.05) is 36.4 Å². The molecular formula is C29H35NO9S. The quantitative estimate of drug-likeness (QED) is 0.295. The van der Waals surface area contributed by atoms with E-state index in [0.717, 1.165) is 12.5 Å². The number of hydrogen-bond acceptors (Lipinski definition) is 10. The lowest BCUT2D eigenvalue weighted by Gasteiger charge is -2.26. The van der Waals surface area contributed by atoms with Gasteiger partial charge in [-0.3, -0.25) is 19.2 Å². The molecule has 0 heterocycles. The number of esters is 4. The summed E-state index contributed by atoms with van der Waals surface area (Å²) in [5, 5.41) is 2.67. The molecular weight excluding hydrogens is 538 g/mol.